The van der Waals surface area contributed by atoms with E-state index in [0.29, 0.717) is 44.8 Å². The summed E-state index contributed by atoms with van der Waals surface area (Å²) in [4.78, 5) is 30.2. The molecule has 0 bridgehead atoms. The number of hydrogen-bond acceptors (Lipinski definition) is 7. The summed E-state index contributed by atoms with van der Waals surface area (Å²) in [5.41, 5.74) is -0.728. The maximum atomic E-state index is 12.6. The van der Waals surface area contributed by atoms with Crippen molar-refractivity contribution in [1.82, 2.24) is 19.4 Å². The van der Waals surface area contributed by atoms with Crippen LogP contribution in [0.4, 0.5) is 23.8 Å². The normalized spacial score (nSPS) is 20.6. The molecule has 4 rings (SSSR count). The number of fused-ring (bicyclic) bond motifs is 1. The number of nitro groups is 1. The summed E-state index contributed by atoms with van der Waals surface area (Å²) in [6.45, 7) is 5.08. The number of piperazine rings is 1. The summed E-state index contributed by atoms with van der Waals surface area (Å²) >= 11 is 0. The minimum atomic E-state index is -4.38. The van der Waals surface area contributed by atoms with Crippen LogP contribution in [0.1, 0.15) is 18.1 Å². The standard InChI is InChI=1S/C22H24F3N5O5/c1-21(15-29-13-18(30(32)33)26-19(29)35-21)14-27-8-10-28(11-9-27)20(31)34-12-2-3-16-4-6-17(7-5-16)22(23,24)25/h2-7,13H,8-12,14-15H2,1H3/b3-2+/t21-/m0/s1. The highest BCUT2D eigenvalue weighted by atomic mass is 19.4. The number of imidazole rings is 1. The topological polar surface area (TPSA) is 103 Å². The Hall–Kier alpha value is -3.61. The highest BCUT2D eigenvalue weighted by Crippen LogP contribution is 2.32. The molecule has 1 aromatic carbocycles. The van der Waals surface area contributed by atoms with Crippen molar-refractivity contribution in [3.8, 4) is 6.01 Å². The monoisotopic (exact) mass is 495 g/mol. The minimum Gasteiger partial charge on any atom is -0.445 e. The number of ether oxygens (including phenoxy) is 2. The lowest BCUT2D eigenvalue weighted by Crippen LogP contribution is -2.54. The minimum absolute atomic E-state index is 0.00355. The van der Waals surface area contributed by atoms with Crippen LogP contribution in [0.3, 0.4) is 0 Å². The van der Waals surface area contributed by atoms with Gasteiger partial charge in [-0.15, -0.1) is 0 Å². The molecule has 1 aromatic heterocycles. The van der Waals surface area contributed by atoms with E-state index in [4.69, 9.17) is 9.47 Å². The van der Waals surface area contributed by atoms with E-state index in [9.17, 15) is 28.1 Å². The Morgan fingerprint density at radius 3 is 2.54 bits per heavy atom. The van der Waals surface area contributed by atoms with Crippen LogP contribution in [0, 0.1) is 10.1 Å². The van der Waals surface area contributed by atoms with Crippen molar-refractivity contribution in [2.75, 3.05) is 39.3 Å². The Balaban J connectivity index is 1.18. The number of halogens is 3. The van der Waals surface area contributed by atoms with Crippen LogP contribution in [0.15, 0.2) is 36.5 Å². The van der Waals surface area contributed by atoms with Gasteiger partial charge in [0.2, 0.25) is 0 Å². The largest absolute Gasteiger partial charge is 0.445 e. The van der Waals surface area contributed by atoms with Crippen LogP contribution < -0.4 is 4.74 Å². The first-order valence-corrected chi connectivity index (χ1v) is 10.9. The summed E-state index contributed by atoms with van der Waals surface area (Å²) in [5, 5.41) is 10.8. The number of nitrogens with zero attached hydrogens (tertiary/aromatic N) is 5. The molecule has 1 fully saturated rings. The zero-order chi connectivity index (χ0) is 25.2. The zero-order valence-electron chi connectivity index (χ0n) is 18.9. The van der Waals surface area contributed by atoms with E-state index >= 15 is 0 Å². The van der Waals surface area contributed by atoms with Crippen molar-refractivity contribution in [3.05, 3.63) is 57.8 Å². The average Bonchev–Trinajstić information content (AvgIpc) is 3.32. The molecule has 2 aromatic rings. The van der Waals surface area contributed by atoms with Crippen molar-refractivity contribution >= 4 is 18.0 Å². The Morgan fingerprint density at radius 1 is 1.26 bits per heavy atom. The van der Waals surface area contributed by atoms with Crippen molar-refractivity contribution in [2.24, 2.45) is 0 Å². The molecule has 188 valence electrons. The van der Waals surface area contributed by atoms with Gasteiger partial charge in [0.1, 0.15) is 18.4 Å². The van der Waals surface area contributed by atoms with Crippen LogP contribution in [-0.2, 0) is 17.5 Å². The molecule has 0 aliphatic carbocycles. The van der Waals surface area contributed by atoms with E-state index in [1.54, 1.807) is 21.6 Å². The number of carbonyl (C=O) groups is 1. The Morgan fingerprint density at radius 2 is 1.94 bits per heavy atom. The molecule has 0 saturated carbocycles. The number of aromatic nitrogens is 2. The first kappa shape index (κ1) is 24.5. The van der Waals surface area contributed by atoms with Gasteiger partial charge in [-0.1, -0.05) is 18.2 Å². The summed E-state index contributed by atoms with van der Waals surface area (Å²) in [7, 11) is 0. The lowest BCUT2D eigenvalue weighted by molar-refractivity contribution is -0.389. The van der Waals surface area contributed by atoms with Crippen LogP contribution >= 0.6 is 0 Å². The quantitative estimate of drug-likeness (QED) is 0.447. The first-order chi connectivity index (χ1) is 16.5. The SMILES string of the molecule is C[C@]1(CN2CCN(C(=O)OC/C=C/c3ccc(C(F)(F)F)cc3)CC2)Cn2cc([N+](=O)[O-])nc2O1. The number of alkyl halides is 3. The van der Waals surface area contributed by atoms with Crippen molar-refractivity contribution in [1.29, 1.82) is 0 Å². The highest BCUT2D eigenvalue weighted by Gasteiger charge is 2.42. The predicted octanol–water partition coefficient (Wildman–Crippen LogP) is 3.43. The van der Waals surface area contributed by atoms with Crippen molar-refractivity contribution in [3.63, 3.8) is 0 Å². The molecule has 0 radical (unpaired) electrons. The van der Waals surface area contributed by atoms with Crippen LogP contribution in [-0.4, -0.2) is 75.3 Å². The van der Waals surface area contributed by atoms with Gasteiger partial charge in [0.05, 0.1) is 12.1 Å². The maximum Gasteiger partial charge on any atom is 0.416 e. The first-order valence-electron chi connectivity index (χ1n) is 10.9. The molecule has 1 amide bonds. The fourth-order valence-electron chi connectivity index (χ4n) is 4.10. The zero-order valence-corrected chi connectivity index (χ0v) is 18.9. The van der Waals surface area contributed by atoms with E-state index in [1.807, 2.05) is 6.92 Å². The number of benzene rings is 1. The molecule has 2 aliphatic heterocycles. The molecule has 3 heterocycles. The summed E-state index contributed by atoms with van der Waals surface area (Å²) < 4.78 is 50.5. The third kappa shape index (κ3) is 5.91. The maximum absolute atomic E-state index is 12.6. The molecule has 0 unspecified atom stereocenters. The van der Waals surface area contributed by atoms with Gasteiger partial charge in [0.15, 0.2) is 0 Å². The number of rotatable bonds is 6. The second-order valence-electron chi connectivity index (χ2n) is 8.68. The van der Waals surface area contributed by atoms with E-state index in [0.717, 1.165) is 12.1 Å². The van der Waals surface area contributed by atoms with Crippen LogP contribution in [0.2, 0.25) is 0 Å². The molecule has 0 spiro atoms. The number of amides is 1. The molecular formula is C22H24F3N5O5. The fourth-order valence-corrected chi connectivity index (χ4v) is 4.10. The molecule has 10 nitrogen and oxygen atoms in total. The van der Waals surface area contributed by atoms with Gasteiger partial charge in [0.25, 0.3) is 0 Å². The van der Waals surface area contributed by atoms with E-state index in [2.05, 4.69) is 9.88 Å². The summed E-state index contributed by atoms with van der Waals surface area (Å²) in [6, 6.07) is 4.93. The van der Waals surface area contributed by atoms with Gasteiger partial charge in [0, 0.05) is 37.7 Å². The molecule has 35 heavy (non-hydrogen) atoms. The molecular weight excluding hydrogens is 471 g/mol. The van der Waals surface area contributed by atoms with Crippen molar-refractivity contribution < 1.29 is 32.4 Å². The van der Waals surface area contributed by atoms with E-state index in [1.165, 1.54) is 18.3 Å². The lowest BCUT2D eigenvalue weighted by atomic mass is 10.1. The molecule has 0 N–H and O–H groups in total. The molecule has 13 heteroatoms. The number of hydrogen-bond donors (Lipinski definition) is 0. The van der Waals surface area contributed by atoms with Gasteiger partial charge < -0.3 is 24.5 Å². The van der Waals surface area contributed by atoms with Crippen LogP contribution in [0.5, 0.6) is 6.01 Å². The van der Waals surface area contributed by atoms with Gasteiger partial charge >= 0.3 is 24.1 Å². The van der Waals surface area contributed by atoms with E-state index < -0.39 is 28.4 Å². The Kier molecular flexibility index (Phi) is 6.70. The fraction of sp³-hybridized carbons (Fsp3) is 0.455. The second-order valence-corrected chi connectivity index (χ2v) is 8.68. The van der Waals surface area contributed by atoms with Gasteiger partial charge in [-0.3, -0.25) is 9.47 Å². The summed E-state index contributed by atoms with van der Waals surface area (Å²) in [6.07, 6.45) is -0.316. The third-order valence-corrected chi connectivity index (χ3v) is 5.80. The third-order valence-electron chi connectivity index (χ3n) is 5.80. The predicted molar refractivity (Wildman–Crippen MR) is 118 cm³/mol. The van der Waals surface area contributed by atoms with Gasteiger partial charge in [-0.05, 0) is 35.6 Å². The van der Waals surface area contributed by atoms with Crippen molar-refractivity contribution in [2.45, 2.75) is 25.2 Å². The molecule has 2 aliphatic rings. The lowest BCUT2D eigenvalue weighted by Gasteiger charge is -2.37. The average molecular weight is 495 g/mol. The molecule has 1 saturated heterocycles. The Labute approximate surface area is 198 Å². The van der Waals surface area contributed by atoms with E-state index in [-0.39, 0.29) is 18.4 Å². The molecule has 1 atom stereocenters. The van der Waals surface area contributed by atoms with Gasteiger partial charge in [-0.25, -0.2) is 4.79 Å². The summed E-state index contributed by atoms with van der Waals surface area (Å²) in [5.74, 6) is -0.247. The van der Waals surface area contributed by atoms with Crippen LogP contribution in [0.25, 0.3) is 6.08 Å². The number of carbonyl (C=O) groups excluding carboxylic acids is 1. The highest BCUT2D eigenvalue weighted by molar-refractivity contribution is 5.68. The Bertz CT molecular complexity index is 1080. The van der Waals surface area contributed by atoms with Gasteiger partial charge in [-0.2, -0.15) is 13.2 Å². The smallest absolute Gasteiger partial charge is 0.416 e. The second kappa shape index (κ2) is 9.56.